The van der Waals surface area contributed by atoms with Gasteiger partial charge in [-0.05, 0) is 32.0 Å². The molecule has 11 heteroatoms. The van der Waals surface area contributed by atoms with E-state index in [1.165, 1.54) is 13.3 Å². The van der Waals surface area contributed by atoms with Gasteiger partial charge in [-0.3, -0.25) is 14.8 Å². The number of ketones is 1. The van der Waals surface area contributed by atoms with E-state index in [-0.39, 0.29) is 24.5 Å². The summed E-state index contributed by atoms with van der Waals surface area (Å²) in [5.74, 6) is 1.98. The molecule has 0 aromatic carbocycles. The summed E-state index contributed by atoms with van der Waals surface area (Å²) in [5, 5.41) is 11.1. The zero-order valence-electron chi connectivity index (χ0n) is 19.0. The normalized spacial score (nSPS) is 19.8. The van der Waals surface area contributed by atoms with E-state index in [1.54, 1.807) is 24.7 Å². The first-order valence-corrected chi connectivity index (χ1v) is 10.5. The van der Waals surface area contributed by atoms with Crippen molar-refractivity contribution in [1.29, 1.82) is 0 Å². The van der Waals surface area contributed by atoms with E-state index >= 15 is 0 Å². The fourth-order valence-electron chi connectivity index (χ4n) is 3.54. The Morgan fingerprint density at radius 1 is 1.15 bits per heavy atom. The molecular weight excluding hydrogens is 440 g/mol. The number of hydrogen-bond donors (Lipinski definition) is 1. The summed E-state index contributed by atoms with van der Waals surface area (Å²) in [6.45, 7) is 4.55. The number of aromatic nitrogens is 4. The van der Waals surface area contributed by atoms with E-state index in [4.69, 9.17) is 24.8 Å². The molecule has 2 unspecified atom stereocenters. The highest BCUT2D eigenvalue weighted by Gasteiger charge is 2.27. The Labute approximate surface area is 195 Å². The number of carbonyl (C=O) groups is 1. The second-order valence-electron chi connectivity index (χ2n) is 7.49. The van der Waals surface area contributed by atoms with E-state index in [1.807, 2.05) is 26.0 Å². The predicted molar refractivity (Wildman–Crippen MR) is 121 cm³/mol. The molecule has 11 nitrogen and oxygen atoms in total. The van der Waals surface area contributed by atoms with Gasteiger partial charge in [-0.15, -0.1) is 5.10 Å². The Hall–Kier alpha value is -4.12. The minimum absolute atomic E-state index is 0.0232. The van der Waals surface area contributed by atoms with Gasteiger partial charge in [0.15, 0.2) is 6.61 Å². The number of oxime groups is 1. The van der Waals surface area contributed by atoms with Crippen molar-refractivity contribution in [3.05, 3.63) is 65.4 Å². The van der Waals surface area contributed by atoms with Gasteiger partial charge in [0.1, 0.15) is 37.0 Å². The van der Waals surface area contributed by atoms with Crippen LogP contribution < -0.4 is 19.9 Å². The molecule has 6 heterocycles. The minimum atomic E-state index is -0.0563. The van der Waals surface area contributed by atoms with Crippen LogP contribution in [0.2, 0.25) is 0 Å². The molecule has 0 spiro atoms. The zero-order chi connectivity index (χ0) is 24.1. The van der Waals surface area contributed by atoms with Crippen LogP contribution in [0.15, 0.2) is 48.1 Å². The van der Waals surface area contributed by atoms with Gasteiger partial charge >= 0.3 is 0 Å². The van der Waals surface area contributed by atoms with Gasteiger partial charge in [0, 0.05) is 23.5 Å². The molecule has 0 radical (unpaired) electrons. The van der Waals surface area contributed by atoms with Crippen molar-refractivity contribution in [1.82, 2.24) is 20.2 Å². The quantitative estimate of drug-likeness (QED) is 0.531. The number of pyridine rings is 2. The van der Waals surface area contributed by atoms with Crippen LogP contribution in [0.3, 0.4) is 0 Å². The highest BCUT2D eigenvalue weighted by molar-refractivity contribution is 6.07. The van der Waals surface area contributed by atoms with Gasteiger partial charge < -0.3 is 24.8 Å². The first-order valence-electron chi connectivity index (χ1n) is 10.5. The molecule has 0 saturated heterocycles. The van der Waals surface area contributed by atoms with Crippen LogP contribution in [0, 0.1) is 6.92 Å². The monoisotopic (exact) mass is 464 g/mol. The largest absolute Gasteiger partial charge is 0.489 e. The van der Waals surface area contributed by atoms with E-state index < -0.39 is 0 Å². The van der Waals surface area contributed by atoms with Crippen molar-refractivity contribution < 1.29 is 23.8 Å². The number of nitrogens with two attached hydrogens (primary N) is 1. The number of hydrogen-bond acceptors (Lipinski definition) is 11. The van der Waals surface area contributed by atoms with Crippen LogP contribution in [-0.2, 0) is 4.84 Å². The van der Waals surface area contributed by atoms with Gasteiger partial charge in [0.05, 0.1) is 29.7 Å². The van der Waals surface area contributed by atoms with Crippen LogP contribution in [0.25, 0.3) is 0 Å². The summed E-state index contributed by atoms with van der Waals surface area (Å²) in [6, 6.07) is 5.43. The molecule has 2 N–H and O–H groups in total. The second kappa shape index (κ2) is 10.2. The predicted octanol–water partition coefficient (Wildman–Crippen LogP) is 2.05. The molecule has 34 heavy (non-hydrogen) atoms. The molecule has 0 amide bonds. The molecule has 3 aromatic heterocycles. The Morgan fingerprint density at radius 3 is 2.74 bits per heavy atom. The lowest BCUT2D eigenvalue weighted by atomic mass is 10.1. The average molecular weight is 464 g/mol. The van der Waals surface area contributed by atoms with E-state index in [9.17, 15) is 4.79 Å². The summed E-state index contributed by atoms with van der Waals surface area (Å²) in [4.78, 5) is 23.7. The molecule has 3 aliphatic heterocycles. The van der Waals surface area contributed by atoms with Crippen molar-refractivity contribution in [3.8, 4) is 17.4 Å². The highest BCUT2D eigenvalue weighted by Crippen LogP contribution is 2.32. The van der Waals surface area contributed by atoms with Crippen molar-refractivity contribution >= 4 is 11.5 Å². The van der Waals surface area contributed by atoms with Gasteiger partial charge in [-0.2, -0.15) is 5.10 Å². The lowest BCUT2D eigenvalue weighted by Gasteiger charge is -2.01. The summed E-state index contributed by atoms with van der Waals surface area (Å²) in [7, 11) is 1.53. The van der Waals surface area contributed by atoms with Crippen LogP contribution in [0.4, 0.5) is 0 Å². The number of ether oxygens (including phenoxy) is 3. The number of aryl methyl sites for hydroxylation is 1. The molecule has 3 aromatic rings. The van der Waals surface area contributed by atoms with E-state index in [0.717, 1.165) is 34.0 Å². The van der Waals surface area contributed by atoms with Gasteiger partial charge in [0.2, 0.25) is 11.7 Å². The smallest absolute Gasteiger partial charge is 0.244 e. The first-order chi connectivity index (χ1) is 16.5. The Morgan fingerprint density at radius 2 is 1.97 bits per heavy atom. The first kappa shape index (κ1) is 23.1. The molecule has 2 atom stereocenters. The molecule has 0 aliphatic carbocycles. The molecule has 3 aliphatic rings. The summed E-state index contributed by atoms with van der Waals surface area (Å²) in [6.07, 6.45) is 6.59. The van der Waals surface area contributed by atoms with Crippen molar-refractivity contribution in [3.63, 3.8) is 0 Å². The number of Topliss-reactive ketones (excluding diaryl/α,β-unsaturated/α-hetero) is 1. The van der Waals surface area contributed by atoms with Crippen molar-refractivity contribution in [2.45, 2.75) is 26.0 Å². The lowest BCUT2D eigenvalue weighted by Crippen LogP contribution is -2.16. The highest BCUT2D eigenvalue weighted by atomic mass is 16.6. The third kappa shape index (κ3) is 4.79. The van der Waals surface area contributed by atoms with Crippen LogP contribution in [-0.4, -0.2) is 58.1 Å². The fourth-order valence-corrected chi connectivity index (χ4v) is 3.54. The standard InChI is InChI=1S/C9H10N2O2.C8H10N2O.C6H4N2O2/c1-6-9(11-12-2)7-3-4-10-5-8(7)13-6;1-5-8-6(2-3-10-5)7(9)4-11-8;9-5-3-10-6-4(5)1-2-7-8-6/h3-6H,1-2H3;2-3,7H,4,9H2,1H3;1-2H,3H2. The van der Waals surface area contributed by atoms with Gasteiger partial charge in [-0.1, -0.05) is 5.16 Å². The average Bonchev–Trinajstić information content (AvgIpc) is 3.52. The van der Waals surface area contributed by atoms with Crippen molar-refractivity contribution in [2.75, 3.05) is 20.3 Å². The number of nitrogens with zero attached hydrogens (tertiary/aromatic N) is 5. The second-order valence-corrected chi connectivity index (χ2v) is 7.49. The van der Waals surface area contributed by atoms with Gasteiger partial charge in [0.25, 0.3) is 0 Å². The topological polar surface area (TPSA) is 144 Å². The Kier molecular flexibility index (Phi) is 6.93. The van der Waals surface area contributed by atoms with Crippen LogP contribution in [0.1, 0.15) is 40.1 Å². The van der Waals surface area contributed by atoms with E-state index in [0.29, 0.717) is 18.1 Å². The SMILES string of the molecule is CON=C1c2ccncc2OC1C.Cc1nccc2c1OCC2N.O=C1COc2nnccc21. The number of carbonyl (C=O) groups excluding carboxylic acids is 1. The third-order valence-corrected chi connectivity index (χ3v) is 5.19. The fraction of sp³-hybridized carbons (Fsp3) is 0.304. The molecule has 0 bridgehead atoms. The lowest BCUT2D eigenvalue weighted by molar-refractivity contribution is 0.0960. The maximum atomic E-state index is 10.9. The van der Waals surface area contributed by atoms with Crippen molar-refractivity contribution in [2.24, 2.45) is 10.9 Å². The zero-order valence-corrected chi connectivity index (χ0v) is 19.0. The maximum Gasteiger partial charge on any atom is 0.244 e. The summed E-state index contributed by atoms with van der Waals surface area (Å²) in [5.41, 5.74) is 10.1. The summed E-state index contributed by atoms with van der Waals surface area (Å²) < 4.78 is 15.7. The maximum absolute atomic E-state index is 10.9. The molecular formula is C23H24N6O5. The van der Waals surface area contributed by atoms with E-state index in [2.05, 4.69) is 25.3 Å². The molecule has 0 saturated carbocycles. The number of rotatable bonds is 1. The Bertz CT molecular complexity index is 1220. The number of fused-ring (bicyclic) bond motifs is 3. The molecule has 0 fully saturated rings. The third-order valence-electron chi connectivity index (χ3n) is 5.19. The molecule has 6 rings (SSSR count). The van der Waals surface area contributed by atoms with Gasteiger partial charge in [-0.25, -0.2) is 0 Å². The Balaban J connectivity index is 0.000000122. The minimum Gasteiger partial charge on any atom is -0.489 e. The summed E-state index contributed by atoms with van der Waals surface area (Å²) >= 11 is 0. The molecule has 176 valence electrons. The van der Waals surface area contributed by atoms with Crippen LogP contribution in [0.5, 0.6) is 17.4 Å². The van der Waals surface area contributed by atoms with Crippen LogP contribution >= 0.6 is 0 Å².